The van der Waals surface area contributed by atoms with Gasteiger partial charge in [0.1, 0.15) is 0 Å². The number of carbonyl (C=O) groups is 2. The first kappa shape index (κ1) is 23.9. The number of hydrogen-bond donors (Lipinski definition) is 1. The quantitative estimate of drug-likeness (QED) is 0.643. The molecule has 1 heterocycles. The smallest absolute Gasteiger partial charge is 0.255 e. The average Bonchev–Trinajstić information content (AvgIpc) is 2.79. The molecule has 1 aliphatic heterocycles. The van der Waals surface area contributed by atoms with Gasteiger partial charge in [-0.2, -0.15) is 0 Å². The van der Waals surface area contributed by atoms with Crippen molar-refractivity contribution in [3.8, 4) is 11.5 Å². The van der Waals surface area contributed by atoms with Crippen LogP contribution in [0.2, 0.25) is 5.02 Å². The SMILES string of the molecule is COc1cc(C(=O)Nc2ccc(CC(=O)N3CCOCC3)cc2)cc(Cl)c1OCC(C)C. The van der Waals surface area contributed by atoms with Crippen molar-refractivity contribution in [3.05, 3.63) is 52.5 Å². The van der Waals surface area contributed by atoms with Gasteiger partial charge in [0, 0.05) is 24.3 Å². The van der Waals surface area contributed by atoms with Gasteiger partial charge in [-0.15, -0.1) is 0 Å². The number of nitrogens with one attached hydrogen (secondary N) is 1. The highest BCUT2D eigenvalue weighted by Gasteiger charge is 2.18. The van der Waals surface area contributed by atoms with Crippen LogP contribution in [0.1, 0.15) is 29.8 Å². The molecule has 1 saturated heterocycles. The van der Waals surface area contributed by atoms with Gasteiger partial charge in [-0.1, -0.05) is 37.6 Å². The Kier molecular flexibility index (Phi) is 8.36. The molecule has 0 saturated carbocycles. The van der Waals surface area contributed by atoms with E-state index in [-0.39, 0.29) is 11.8 Å². The molecule has 1 N–H and O–H groups in total. The van der Waals surface area contributed by atoms with E-state index in [1.54, 1.807) is 24.3 Å². The highest BCUT2D eigenvalue weighted by molar-refractivity contribution is 6.32. The first-order valence-electron chi connectivity index (χ1n) is 10.6. The first-order chi connectivity index (χ1) is 15.4. The number of methoxy groups -OCH3 is 1. The van der Waals surface area contributed by atoms with E-state index < -0.39 is 0 Å². The molecule has 0 unspecified atom stereocenters. The maximum atomic E-state index is 12.7. The van der Waals surface area contributed by atoms with Crippen molar-refractivity contribution in [2.75, 3.05) is 45.3 Å². The van der Waals surface area contributed by atoms with Crippen LogP contribution in [0.4, 0.5) is 5.69 Å². The van der Waals surface area contributed by atoms with Gasteiger partial charge in [0.05, 0.1) is 38.4 Å². The summed E-state index contributed by atoms with van der Waals surface area (Å²) in [5.74, 6) is 0.907. The maximum Gasteiger partial charge on any atom is 0.255 e. The largest absolute Gasteiger partial charge is 0.493 e. The molecule has 1 aliphatic rings. The number of carbonyl (C=O) groups excluding carboxylic acids is 2. The number of anilines is 1. The molecular weight excluding hydrogens is 432 g/mol. The number of rotatable bonds is 8. The summed E-state index contributed by atoms with van der Waals surface area (Å²) < 4.78 is 16.4. The van der Waals surface area contributed by atoms with Gasteiger partial charge >= 0.3 is 0 Å². The number of morpholine rings is 1. The van der Waals surface area contributed by atoms with Crippen molar-refractivity contribution in [2.45, 2.75) is 20.3 Å². The lowest BCUT2D eigenvalue weighted by Crippen LogP contribution is -2.41. The van der Waals surface area contributed by atoms with E-state index in [0.29, 0.717) is 73.0 Å². The zero-order valence-corrected chi connectivity index (χ0v) is 19.4. The van der Waals surface area contributed by atoms with Gasteiger partial charge in [-0.3, -0.25) is 9.59 Å². The fourth-order valence-electron chi connectivity index (χ4n) is 3.25. The Labute approximate surface area is 193 Å². The van der Waals surface area contributed by atoms with E-state index in [1.165, 1.54) is 7.11 Å². The molecule has 2 aromatic rings. The Morgan fingerprint density at radius 1 is 1.16 bits per heavy atom. The van der Waals surface area contributed by atoms with Crippen LogP contribution in [0.5, 0.6) is 11.5 Å². The lowest BCUT2D eigenvalue weighted by Gasteiger charge is -2.26. The zero-order valence-electron chi connectivity index (χ0n) is 18.7. The molecule has 7 nitrogen and oxygen atoms in total. The van der Waals surface area contributed by atoms with Gasteiger partial charge in [-0.05, 0) is 35.7 Å². The first-order valence-corrected chi connectivity index (χ1v) is 11.0. The van der Waals surface area contributed by atoms with Crippen LogP contribution in [-0.4, -0.2) is 56.7 Å². The number of ether oxygens (including phenoxy) is 3. The second-order valence-corrected chi connectivity index (χ2v) is 8.42. The number of hydrogen-bond acceptors (Lipinski definition) is 5. The highest BCUT2D eigenvalue weighted by atomic mass is 35.5. The van der Waals surface area contributed by atoms with E-state index in [2.05, 4.69) is 5.32 Å². The summed E-state index contributed by atoms with van der Waals surface area (Å²) in [7, 11) is 1.51. The summed E-state index contributed by atoms with van der Waals surface area (Å²) in [6, 6.07) is 10.4. The topological polar surface area (TPSA) is 77.1 Å². The number of benzene rings is 2. The van der Waals surface area contributed by atoms with Gasteiger partial charge in [0.25, 0.3) is 5.91 Å². The van der Waals surface area contributed by atoms with Crippen molar-refractivity contribution in [1.82, 2.24) is 4.90 Å². The lowest BCUT2D eigenvalue weighted by molar-refractivity contribution is -0.134. The number of nitrogens with zero attached hydrogens (tertiary/aromatic N) is 1. The van der Waals surface area contributed by atoms with E-state index >= 15 is 0 Å². The predicted molar refractivity (Wildman–Crippen MR) is 124 cm³/mol. The summed E-state index contributed by atoms with van der Waals surface area (Å²) in [5.41, 5.74) is 1.86. The van der Waals surface area contributed by atoms with Crippen molar-refractivity contribution in [3.63, 3.8) is 0 Å². The minimum Gasteiger partial charge on any atom is -0.493 e. The summed E-state index contributed by atoms with van der Waals surface area (Å²) in [4.78, 5) is 26.9. The van der Waals surface area contributed by atoms with Gasteiger partial charge in [0.2, 0.25) is 5.91 Å². The van der Waals surface area contributed by atoms with Crippen LogP contribution in [0.3, 0.4) is 0 Å². The van der Waals surface area contributed by atoms with E-state index in [4.69, 9.17) is 25.8 Å². The second-order valence-electron chi connectivity index (χ2n) is 8.02. The molecule has 0 radical (unpaired) electrons. The lowest BCUT2D eigenvalue weighted by atomic mass is 10.1. The van der Waals surface area contributed by atoms with E-state index in [1.807, 2.05) is 30.9 Å². The van der Waals surface area contributed by atoms with Crippen molar-refractivity contribution in [2.24, 2.45) is 5.92 Å². The maximum absolute atomic E-state index is 12.7. The minimum atomic E-state index is -0.322. The van der Waals surface area contributed by atoms with E-state index in [0.717, 1.165) is 5.56 Å². The fraction of sp³-hybridized carbons (Fsp3) is 0.417. The standard InChI is InChI=1S/C24H29ClN2O5/c1-16(2)15-32-23-20(25)13-18(14-21(23)30-3)24(29)26-19-6-4-17(5-7-19)12-22(28)27-8-10-31-11-9-27/h4-7,13-14,16H,8-12,15H2,1-3H3,(H,26,29). The van der Waals surface area contributed by atoms with E-state index in [9.17, 15) is 9.59 Å². The van der Waals surface area contributed by atoms with Crippen LogP contribution in [-0.2, 0) is 16.0 Å². The Morgan fingerprint density at radius 3 is 2.47 bits per heavy atom. The fourth-order valence-corrected chi connectivity index (χ4v) is 3.51. The number of halogens is 1. The molecule has 172 valence electrons. The molecule has 0 aromatic heterocycles. The molecule has 2 amide bonds. The molecule has 0 aliphatic carbocycles. The Hall–Kier alpha value is -2.77. The summed E-state index contributed by atoms with van der Waals surface area (Å²) in [6.07, 6.45) is 0.318. The molecule has 32 heavy (non-hydrogen) atoms. The molecule has 3 rings (SSSR count). The Bertz CT molecular complexity index is 940. The zero-order chi connectivity index (χ0) is 23.1. The molecular formula is C24H29ClN2O5. The van der Waals surface area contributed by atoms with Gasteiger partial charge in [0.15, 0.2) is 11.5 Å². The number of amides is 2. The third-order valence-electron chi connectivity index (χ3n) is 4.98. The summed E-state index contributed by atoms with van der Waals surface area (Å²) in [6.45, 7) is 6.97. The van der Waals surface area contributed by atoms with Crippen LogP contribution in [0.15, 0.2) is 36.4 Å². The van der Waals surface area contributed by atoms with Crippen LogP contribution in [0.25, 0.3) is 0 Å². The molecule has 0 bridgehead atoms. The summed E-state index contributed by atoms with van der Waals surface area (Å²) in [5, 5.41) is 3.16. The molecule has 8 heteroatoms. The highest BCUT2D eigenvalue weighted by Crippen LogP contribution is 2.37. The monoisotopic (exact) mass is 460 g/mol. The molecule has 0 spiro atoms. The third-order valence-corrected chi connectivity index (χ3v) is 5.26. The van der Waals surface area contributed by atoms with Crippen LogP contribution in [0, 0.1) is 5.92 Å². The van der Waals surface area contributed by atoms with Gasteiger partial charge < -0.3 is 24.4 Å². The van der Waals surface area contributed by atoms with Crippen molar-refractivity contribution >= 4 is 29.1 Å². The average molecular weight is 461 g/mol. The Balaban J connectivity index is 1.63. The van der Waals surface area contributed by atoms with Crippen LogP contribution >= 0.6 is 11.6 Å². The third kappa shape index (κ3) is 6.37. The van der Waals surface area contributed by atoms with Crippen molar-refractivity contribution < 1.29 is 23.8 Å². The predicted octanol–water partition coefficient (Wildman–Crippen LogP) is 4.04. The second kappa shape index (κ2) is 11.2. The Morgan fingerprint density at radius 2 is 1.84 bits per heavy atom. The molecule has 2 aromatic carbocycles. The summed E-state index contributed by atoms with van der Waals surface area (Å²) >= 11 is 6.35. The molecule has 1 fully saturated rings. The minimum absolute atomic E-state index is 0.0756. The van der Waals surface area contributed by atoms with Crippen LogP contribution < -0.4 is 14.8 Å². The van der Waals surface area contributed by atoms with Gasteiger partial charge in [-0.25, -0.2) is 0 Å². The normalized spacial score (nSPS) is 13.7. The van der Waals surface area contributed by atoms with Crippen molar-refractivity contribution in [1.29, 1.82) is 0 Å². The molecule has 0 atom stereocenters.